The first-order chi connectivity index (χ1) is 10.8. The summed E-state index contributed by atoms with van der Waals surface area (Å²) in [6, 6.07) is 22.3. The molecule has 0 bridgehead atoms. The zero-order chi connectivity index (χ0) is 15.6. The average Bonchev–Trinajstić information content (AvgIpc) is 2.57. The van der Waals surface area contributed by atoms with Crippen molar-refractivity contribution >= 4 is 30.9 Å². The van der Waals surface area contributed by atoms with Crippen LogP contribution in [-0.4, -0.2) is 19.4 Å². The minimum atomic E-state index is -1.08. The lowest BCUT2D eigenvalue weighted by atomic mass is 10.2. The average molecular weight is 329 g/mol. The van der Waals surface area contributed by atoms with E-state index in [1.807, 2.05) is 0 Å². The number of rotatable bonds is 9. The highest BCUT2D eigenvalue weighted by Crippen LogP contribution is 2.18. The van der Waals surface area contributed by atoms with Gasteiger partial charge in [-0.3, -0.25) is 0 Å². The second kappa shape index (κ2) is 9.91. The third kappa shape index (κ3) is 5.66. The Morgan fingerprint density at radius 1 is 0.864 bits per heavy atom. The molecule has 2 aromatic rings. The van der Waals surface area contributed by atoms with Crippen molar-refractivity contribution in [2.24, 2.45) is 0 Å². The van der Waals surface area contributed by atoms with Crippen LogP contribution in [0.25, 0.3) is 0 Å². The number of hydrogen-bond acceptors (Lipinski definition) is 1. The highest BCUT2D eigenvalue weighted by molar-refractivity contribution is 8.01. The van der Waals surface area contributed by atoms with Crippen molar-refractivity contribution in [2.45, 2.75) is 44.8 Å². The first-order valence-corrected chi connectivity index (χ1v) is 11.5. The molecule has 0 saturated heterocycles. The summed E-state index contributed by atoms with van der Waals surface area (Å²) < 4.78 is 0. The minimum absolute atomic E-state index is 0.786. The molecule has 2 rings (SSSR count). The van der Waals surface area contributed by atoms with Crippen LogP contribution in [0.4, 0.5) is 0 Å². The first-order valence-electron chi connectivity index (χ1n) is 8.52. The fourth-order valence-corrected chi connectivity index (χ4v) is 8.50. The summed E-state index contributed by atoms with van der Waals surface area (Å²) in [5, 5.41) is 5.24. The molecule has 0 nitrogen and oxygen atoms in total. The zero-order valence-electron chi connectivity index (χ0n) is 13.9. The standard InChI is InChI=1S/C20H28SSi/c1-3-4-7-12-18(2)21-17-22(19-13-8-5-9-14-19)20-15-10-6-11-16-20/h5-6,8-11,13-16,18,22H,3-4,7,12,17H2,1-2H3. The van der Waals surface area contributed by atoms with Crippen LogP contribution >= 0.6 is 11.8 Å². The Bertz CT molecular complexity index is 472. The Labute approximate surface area is 142 Å². The molecule has 0 aliphatic carbocycles. The SMILES string of the molecule is CCCCCC(C)SC[SiH](c1ccccc1)c1ccccc1. The Kier molecular flexibility index (Phi) is 7.82. The Hall–Kier alpha value is -0.993. The fourth-order valence-electron chi connectivity index (χ4n) is 2.78. The maximum atomic E-state index is 2.40. The summed E-state index contributed by atoms with van der Waals surface area (Å²) in [6.07, 6.45) is 5.45. The molecule has 0 amide bonds. The lowest BCUT2D eigenvalue weighted by Gasteiger charge is -2.19. The van der Waals surface area contributed by atoms with E-state index in [0.29, 0.717) is 0 Å². The van der Waals surface area contributed by atoms with Crippen LogP contribution in [0.3, 0.4) is 0 Å². The molecule has 1 unspecified atom stereocenters. The molecule has 2 heteroatoms. The summed E-state index contributed by atoms with van der Waals surface area (Å²) in [7, 11) is -1.08. The van der Waals surface area contributed by atoms with Gasteiger partial charge in [0, 0.05) is 5.25 Å². The lowest BCUT2D eigenvalue weighted by molar-refractivity contribution is 0.665. The maximum absolute atomic E-state index is 2.40. The largest absolute Gasteiger partial charge is 0.161 e. The molecule has 0 aliphatic heterocycles. The zero-order valence-corrected chi connectivity index (χ0v) is 15.8. The van der Waals surface area contributed by atoms with Gasteiger partial charge in [0.2, 0.25) is 0 Å². The Balaban J connectivity index is 2.00. The normalized spacial score (nSPS) is 12.5. The van der Waals surface area contributed by atoms with Gasteiger partial charge in [0.05, 0.1) is 0 Å². The van der Waals surface area contributed by atoms with Gasteiger partial charge >= 0.3 is 0 Å². The third-order valence-electron chi connectivity index (χ3n) is 4.17. The van der Waals surface area contributed by atoms with Crippen LogP contribution in [0.2, 0.25) is 0 Å². The van der Waals surface area contributed by atoms with Crippen LogP contribution in [0, 0.1) is 0 Å². The van der Waals surface area contributed by atoms with Crippen LogP contribution < -0.4 is 10.4 Å². The van der Waals surface area contributed by atoms with E-state index in [4.69, 9.17) is 0 Å². The third-order valence-corrected chi connectivity index (χ3v) is 9.45. The van der Waals surface area contributed by atoms with Gasteiger partial charge < -0.3 is 0 Å². The number of unbranched alkanes of at least 4 members (excludes halogenated alkanes) is 2. The first kappa shape index (κ1) is 17.4. The van der Waals surface area contributed by atoms with Gasteiger partial charge in [-0.2, -0.15) is 11.8 Å². The van der Waals surface area contributed by atoms with Gasteiger partial charge in [0.1, 0.15) is 8.80 Å². The van der Waals surface area contributed by atoms with Crippen molar-refractivity contribution in [3.8, 4) is 0 Å². The van der Waals surface area contributed by atoms with E-state index < -0.39 is 8.80 Å². The second-order valence-electron chi connectivity index (χ2n) is 6.01. The molecule has 22 heavy (non-hydrogen) atoms. The highest BCUT2D eigenvalue weighted by atomic mass is 32.2. The summed E-state index contributed by atoms with van der Waals surface area (Å²) in [5.41, 5.74) is 0. The minimum Gasteiger partial charge on any atom is -0.161 e. The van der Waals surface area contributed by atoms with Crippen molar-refractivity contribution in [1.82, 2.24) is 0 Å². The van der Waals surface area contributed by atoms with Crippen LogP contribution in [0.15, 0.2) is 60.7 Å². The van der Waals surface area contributed by atoms with Crippen molar-refractivity contribution < 1.29 is 0 Å². The van der Waals surface area contributed by atoms with Gasteiger partial charge in [0.15, 0.2) is 0 Å². The highest BCUT2D eigenvalue weighted by Gasteiger charge is 2.17. The molecule has 0 aromatic heterocycles. The Morgan fingerprint density at radius 3 is 1.91 bits per heavy atom. The van der Waals surface area contributed by atoms with Crippen LogP contribution in [-0.2, 0) is 0 Å². The van der Waals surface area contributed by atoms with Crippen molar-refractivity contribution in [3.63, 3.8) is 0 Å². The molecule has 0 spiro atoms. The quantitative estimate of drug-likeness (QED) is 0.489. The molecule has 0 radical (unpaired) electrons. The molecule has 0 aliphatic rings. The van der Waals surface area contributed by atoms with E-state index in [1.165, 1.54) is 31.1 Å². The molecule has 0 N–H and O–H groups in total. The van der Waals surface area contributed by atoms with Gasteiger partial charge in [0.25, 0.3) is 0 Å². The van der Waals surface area contributed by atoms with E-state index in [9.17, 15) is 0 Å². The molecule has 118 valence electrons. The van der Waals surface area contributed by atoms with Gasteiger partial charge in [-0.1, -0.05) is 104 Å². The second-order valence-corrected chi connectivity index (χ2v) is 10.9. The maximum Gasteiger partial charge on any atom is 0.112 e. The van der Waals surface area contributed by atoms with Gasteiger partial charge in [-0.15, -0.1) is 0 Å². The number of hydrogen-bond donors (Lipinski definition) is 0. The van der Waals surface area contributed by atoms with E-state index >= 15 is 0 Å². The monoisotopic (exact) mass is 328 g/mol. The molecular formula is C20H28SSi. The van der Waals surface area contributed by atoms with E-state index in [-0.39, 0.29) is 0 Å². The molecule has 1 atom stereocenters. The molecule has 0 fully saturated rings. The van der Waals surface area contributed by atoms with Crippen LogP contribution in [0.5, 0.6) is 0 Å². The smallest absolute Gasteiger partial charge is 0.112 e. The predicted molar refractivity (Wildman–Crippen MR) is 105 cm³/mol. The fraction of sp³-hybridized carbons (Fsp3) is 0.400. The molecule has 0 heterocycles. The van der Waals surface area contributed by atoms with Crippen molar-refractivity contribution in [2.75, 3.05) is 5.38 Å². The van der Waals surface area contributed by atoms with Crippen LogP contribution in [0.1, 0.15) is 39.5 Å². The van der Waals surface area contributed by atoms with Crippen molar-refractivity contribution in [1.29, 1.82) is 0 Å². The molecular weight excluding hydrogens is 300 g/mol. The summed E-state index contributed by atoms with van der Waals surface area (Å²) >= 11 is 2.19. The summed E-state index contributed by atoms with van der Waals surface area (Å²) in [6.45, 7) is 4.69. The Morgan fingerprint density at radius 2 is 1.41 bits per heavy atom. The van der Waals surface area contributed by atoms with E-state index in [1.54, 1.807) is 10.4 Å². The summed E-state index contributed by atoms with van der Waals surface area (Å²) in [4.78, 5) is 0. The number of benzene rings is 2. The van der Waals surface area contributed by atoms with E-state index in [2.05, 4.69) is 86.3 Å². The lowest BCUT2D eigenvalue weighted by Crippen LogP contribution is -2.45. The molecule has 0 saturated carbocycles. The van der Waals surface area contributed by atoms with Crippen molar-refractivity contribution in [3.05, 3.63) is 60.7 Å². The topological polar surface area (TPSA) is 0 Å². The summed E-state index contributed by atoms with van der Waals surface area (Å²) in [5.74, 6) is 0. The van der Waals surface area contributed by atoms with Gasteiger partial charge in [-0.05, 0) is 11.8 Å². The predicted octanol–water partition coefficient (Wildman–Crippen LogP) is 4.27. The van der Waals surface area contributed by atoms with Gasteiger partial charge in [-0.25, -0.2) is 0 Å². The molecule has 2 aromatic carbocycles. The van der Waals surface area contributed by atoms with E-state index in [0.717, 1.165) is 5.25 Å². The number of thioether (sulfide) groups is 1.